The van der Waals surface area contributed by atoms with Gasteiger partial charge in [0, 0.05) is 5.54 Å². The van der Waals surface area contributed by atoms with Gasteiger partial charge in [-0.1, -0.05) is 0 Å². The summed E-state index contributed by atoms with van der Waals surface area (Å²) in [7, 11) is 0. The minimum atomic E-state index is -0.910. The number of hydrogen-bond donors (Lipinski definition) is 0. The molecule has 0 aliphatic carbocycles. The molecule has 0 saturated carbocycles. The van der Waals surface area contributed by atoms with Crippen LogP contribution in [-0.4, -0.2) is 21.6 Å². The van der Waals surface area contributed by atoms with Gasteiger partial charge in [0.05, 0.1) is 5.60 Å². The summed E-state index contributed by atoms with van der Waals surface area (Å²) in [4.78, 5) is 8.71. The van der Waals surface area contributed by atoms with Crippen molar-refractivity contribution in [1.82, 2.24) is 10.5 Å². The van der Waals surface area contributed by atoms with Crippen molar-refractivity contribution in [1.29, 1.82) is 0 Å². The van der Waals surface area contributed by atoms with Crippen LogP contribution in [0.15, 0.2) is 0 Å². The highest BCUT2D eigenvalue weighted by Crippen LogP contribution is 2.15. The Morgan fingerprint density at radius 1 is 0.933 bits per heavy atom. The number of hydroxylamine groups is 1. The van der Waals surface area contributed by atoms with Crippen LogP contribution in [0.1, 0.15) is 41.5 Å². The molecule has 15 heavy (non-hydrogen) atoms. The Bertz CT molecular complexity index is 186. The van der Waals surface area contributed by atoms with Gasteiger partial charge in [-0.2, -0.15) is 10.2 Å². The van der Waals surface area contributed by atoms with Crippen molar-refractivity contribution < 1.29 is 14.9 Å². The highest BCUT2D eigenvalue weighted by Gasteiger charge is 2.16. The summed E-state index contributed by atoms with van der Waals surface area (Å²) < 4.78 is 0. The number of rotatable bonds is 4. The van der Waals surface area contributed by atoms with E-state index in [-0.39, 0.29) is 10.5 Å². The van der Waals surface area contributed by atoms with E-state index < -0.39 is 11.1 Å². The maximum Gasteiger partial charge on any atom is 0.0984 e. The quantitative estimate of drug-likeness (QED) is 0.530. The van der Waals surface area contributed by atoms with Gasteiger partial charge in [-0.05, 0) is 46.6 Å². The van der Waals surface area contributed by atoms with Crippen LogP contribution in [0.5, 0.6) is 0 Å². The van der Waals surface area contributed by atoms with Gasteiger partial charge in [0.1, 0.15) is 0 Å². The standard InChI is InChI=1S/C8H18N2O5/c1-7(2,3)9(11)10(12)14-15-13-8(4,5)6/h1-6H3/q-2. The summed E-state index contributed by atoms with van der Waals surface area (Å²) in [5, 5.41) is 26.1. The summed E-state index contributed by atoms with van der Waals surface area (Å²) >= 11 is 0. The largest absolute Gasteiger partial charge is 0.770 e. The first-order valence-electron chi connectivity index (χ1n) is 4.51. The Morgan fingerprint density at radius 2 is 1.40 bits per heavy atom. The molecule has 0 saturated heterocycles. The molecule has 0 unspecified atom stereocenters. The lowest BCUT2D eigenvalue weighted by Crippen LogP contribution is -2.46. The van der Waals surface area contributed by atoms with E-state index in [4.69, 9.17) is 0 Å². The van der Waals surface area contributed by atoms with Crippen molar-refractivity contribution >= 4 is 0 Å². The van der Waals surface area contributed by atoms with Gasteiger partial charge < -0.3 is 10.4 Å². The maximum absolute atomic E-state index is 11.2. The molecule has 0 aromatic heterocycles. The first-order chi connectivity index (χ1) is 6.54. The number of nitrogens with zero attached hydrogens (tertiary/aromatic N) is 2. The first-order valence-corrected chi connectivity index (χ1v) is 4.51. The second kappa shape index (κ2) is 5.17. The third-order valence-electron chi connectivity index (χ3n) is 1.10. The average molecular weight is 222 g/mol. The van der Waals surface area contributed by atoms with Gasteiger partial charge in [-0.25, -0.2) is 0 Å². The molecular formula is C8H18N2O5-2. The molecule has 0 spiro atoms. The fourth-order valence-corrected chi connectivity index (χ4v) is 0.419. The molecule has 0 rings (SSSR count). The first kappa shape index (κ1) is 14.7. The minimum absolute atomic E-state index is 0.0824. The third-order valence-corrected chi connectivity index (χ3v) is 1.10. The van der Waals surface area contributed by atoms with Crippen LogP contribution in [0.4, 0.5) is 0 Å². The lowest BCUT2D eigenvalue weighted by Gasteiger charge is -2.49. The molecule has 0 bridgehead atoms. The summed E-state index contributed by atoms with van der Waals surface area (Å²) in [6.45, 7) is 9.76. The van der Waals surface area contributed by atoms with Crippen LogP contribution >= 0.6 is 0 Å². The van der Waals surface area contributed by atoms with Gasteiger partial charge >= 0.3 is 0 Å². The highest BCUT2D eigenvalue weighted by atomic mass is 17.6. The Morgan fingerprint density at radius 3 is 1.73 bits per heavy atom. The van der Waals surface area contributed by atoms with E-state index in [9.17, 15) is 10.4 Å². The molecule has 0 heterocycles. The smallest absolute Gasteiger partial charge is 0.0984 e. The predicted octanol–water partition coefficient (Wildman–Crippen LogP) is 1.89. The lowest BCUT2D eigenvalue weighted by molar-refractivity contribution is -0.613. The van der Waals surface area contributed by atoms with Crippen LogP contribution in [0.2, 0.25) is 0 Å². The van der Waals surface area contributed by atoms with Crippen molar-refractivity contribution in [2.24, 2.45) is 0 Å². The molecule has 7 heteroatoms. The molecular weight excluding hydrogens is 204 g/mol. The second-order valence-electron chi connectivity index (χ2n) is 5.02. The van der Waals surface area contributed by atoms with Gasteiger partial charge in [-0.15, -0.1) is 4.99 Å². The SMILES string of the molecule is CC(C)(C)OOON([O-])N([O-])C(C)(C)C. The normalized spacial score (nSPS) is 14.0. The summed E-state index contributed by atoms with van der Waals surface area (Å²) in [6.07, 6.45) is 0. The van der Waals surface area contributed by atoms with E-state index in [0.29, 0.717) is 0 Å². The molecule has 7 nitrogen and oxygen atoms in total. The van der Waals surface area contributed by atoms with Gasteiger partial charge in [0.15, 0.2) is 0 Å². The van der Waals surface area contributed by atoms with Gasteiger partial charge in [0.25, 0.3) is 0 Å². The molecule has 0 aromatic carbocycles. The molecule has 0 amide bonds. The van der Waals surface area contributed by atoms with Crippen LogP contribution in [0.3, 0.4) is 0 Å². The Balaban J connectivity index is 3.90. The van der Waals surface area contributed by atoms with Crippen molar-refractivity contribution in [2.45, 2.75) is 52.7 Å². The number of hydrogen-bond acceptors (Lipinski definition) is 7. The van der Waals surface area contributed by atoms with E-state index in [1.807, 2.05) is 0 Å². The molecule has 0 aliphatic heterocycles. The minimum Gasteiger partial charge on any atom is -0.770 e. The zero-order chi connectivity index (χ0) is 12.3. The van der Waals surface area contributed by atoms with E-state index in [1.165, 1.54) is 0 Å². The molecule has 0 aromatic rings. The third kappa shape index (κ3) is 6.74. The Kier molecular flexibility index (Phi) is 5.07. The molecule has 0 fully saturated rings. The fraction of sp³-hybridized carbons (Fsp3) is 1.00. The zero-order valence-corrected chi connectivity index (χ0v) is 9.94. The monoisotopic (exact) mass is 222 g/mol. The van der Waals surface area contributed by atoms with Gasteiger partial charge in [0.2, 0.25) is 0 Å². The van der Waals surface area contributed by atoms with E-state index in [0.717, 1.165) is 0 Å². The van der Waals surface area contributed by atoms with Crippen LogP contribution in [0.25, 0.3) is 0 Å². The lowest BCUT2D eigenvalue weighted by atomic mass is 10.1. The van der Waals surface area contributed by atoms with Crippen molar-refractivity contribution in [3.05, 3.63) is 10.4 Å². The van der Waals surface area contributed by atoms with Crippen LogP contribution < -0.4 is 0 Å². The number of hydrazine groups is 1. The van der Waals surface area contributed by atoms with E-state index in [2.05, 4.69) is 14.9 Å². The molecule has 0 atom stereocenters. The summed E-state index contributed by atoms with van der Waals surface area (Å²) in [5.74, 6) is 0. The highest BCUT2D eigenvalue weighted by molar-refractivity contribution is 4.72. The molecule has 0 radical (unpaired) electrons. The second-order valence-corrected chi connectivity index (χ2v) is 5.02. The van der Waals surface area contributed by atoms with E-state index >= 15 is 0 Å². The Labute approximate surface area is 89.4 Å². The van der Waals surface area contributed by atoms with Crippen LogP contribution in [0, 0.1) is 10.4 Å². The predicted molar refractivity (Wildman–Crippen MR) is 53.2 cm³/mol. The van der Waals surface area contributed by atoms with E-state index in [1.54, 1.807) is 41.5 Å². The van der Waals surface area contributed by atoms with Crippen molar-refractivity contribution in [3.8, 4) is 0 Å². The zero-order valence-electron chi connectivity index (χ0n) is 9.94. The molecule has 92 valence electrons. The fourth-order valence-electron chi connectivity index (χ4n) is 0.419. The topological polar surface area (TPSA) is 80.3 Å². The maximum atomic E-state index is 11.2. The van der Waals surface area contributed by atoms with Crippen molar-refractivity contribution in [3.63, 3.8) is 0 Å². The van der Waals surface area contributed by atoms with Crippen molar-refractivity contribution in [2.75, 3.05) is 0 Å². The van der Waals surface area contributed by atoms with Gasteiger partial charge in [-0.3, -0.25) is 5.17 Å². The summed E-state index contributed by atoms with van der Waals surface area (Å²) in [5.41, 5.74) is -1.54. The Hall–Kier alpha value is -0.280. The summed E-state index contributed by atoms with van der Waals surface area (Å²) in [6, 6.07) is 0. The molecule has 0 N–H and O–H groups in total. The van der Waals surface area contributed by atoms with Crippen LogP contribution in [-0.2, 0) is 14.9 Å². The average Bonchev–Trinajstić information content (AvgIpc) is 1.98. The molecule has 0 aliphatic rings.